The standard InChI is InChI=1S/C12H9FN2O3S/c13-8-2-1-3-9(10(8)11(16)17)15-12(18)14-7-4-5-19-6-7/h1-6H,(H,16,17)(H2,14,15,18). The van der Waals surface area contributed by atoms with E-state index in [2.05, 4.69) is 10.6 Å². The van der Waals surface area contributed by atoms with E-state index < -0.39 is 23.4 Å². The van der Waals surface area contributed by atoms with Gasteiger partial charge in [-0.3, -0.25) is 0 Å². The van der Waals surface area contributed by atoms with Crippen LogP contribution in [0, 0.1) is 5.82 Å². The molecule has 0 saturated carbocycles. The van der Waals surface area contributed by atoms with Crippen molar-refractivity contribution in [3.63, 3.8) is 0 Å². The second kappa shape index (κ2) is 5.49. The highest BCUT2D eigenvalue weighted by Gasteiger charge is 2.17. The number of carboxylic acids is 1. The zero-order valence-corrected chi connectivity index (χ0v) is 10.3. The first-order valence-corrected chi connectivity index (χ1v) is 6.14. The summed E-state index contributed by atoms with van der Waals surface area (Å²) < 4.78 is 13.4. The van der Waals surface area contributed by atoms with Gasteiger partial charge in [0, 0.05) is 5.38 Å². The molecule has 1 heterocycles. The third-order valence-electron chi connectivity index (χ3n) is 2.25. The quantitative estimate of drug-likeness (QED) is 0.807. The van der Waals surface area contributed by atoms with E-state index in [0.717, 1.165) is 6.07 Å². The van der Waals surface area contributed by atoms with Crippen molar-refractivity contribution in [3.8, 4) is 0 Å². The fourth-order valence-corrected chi connectivity index (χ4v) is 2.05. The van der Waals surface area contributed by atoms with E-state index in [1.165, 1.54) is 23.5 Å². The number of urea groups is 1. The maximum atomic E-state index is 13.4. The van der Waals surface area contributed by atoms with Gasteiger partial charge in [-0.2, -0.15) is 11.3 Å². The molecule has 0 fully saturated rings. The van der Waals surface area contributed by atoms with Crippen LogP contribution in [-0.4, -0.2) is 17.1 Å². The largest absolute Gasteiger partial charge is 0.478 e. The Labute approximate surface area is 111 Å². The van der Waals surface area contributed by atoms with Gasteiger partial charge in [-0.1, -0.05) is 6.07 Å². The van der Waals surface area contributed by atoms with Gasteiger partial charge in [-0.15, -0.1) is 0 Å². The van der Waals surface area contributed by atoms with Gasteiger partial charge < -0.3 is 15.7 Å². The summed E-state index contributed by atoms with van der Waals surface area (Å²) in [6, 6.07) is 4.72. The minimum absolute atomic E-state index is 0.0970. The first kappa shape index (κ1) is 13.0. The van der Waals surface area contributed by atoms with Gasteiger partial charge in [-0.25, -0.2) is 14.0 Å². The van der Waals surface area contributed by atoms with Crippen LogP contribution < -0.4 is 10.6 Å². The molecule has 0 unspecified atom stereocenters. The van der Waals surface area contributed by atoms with Gasteiger partial charge in [0.25, 0.3) is 0 Å². The van der Waals surface area contributed by atoms with Crippen LogP contribution in [0.5, 0.6) is 0 Å². The van der Waals surface area contributed by atoms with Crippen molar-refractivity contribution in [1.29, 1.82) is 0 Å². The van der Waals surface area contributed by atoms with Crippen molar-refractivity contribution in [2.45, 2.75) is 0 Å². The number of hydrogen-bond acceptors (Lipinski definition) is 3. The molecule has 0 aliphatic carbocycles. The lowest BCUT2D eigenvalue weighted by atomic mass is 10.1. The molecule has 19 heavy (non-hydrogen) atoms. The number of amides is 2. The summed E-state index contributed by atoms with van der Waals surface area (Å²) in [6.07, 6.45) is 0. The zero-order chi connectivity index (χ0) is 13.8. The Balaban J connectivity index is 2.17. The molecular weight excluding hydrogens is 271 g/mol. The molecule has 5 nitrogen and oxygen atoms in total. The molecular formula is C12H9FN2O3S. The molecule has 3 N–H and O–H groups in total. The van der Waals surface area contributed by atoms with Crippen LogP contribution in [0.1, 0.15) is 10.4 Å². The summed E-state index contributed by atoms with van der Waals surface area (Å²) in [4.78, 5) is 22.6. The molecule has 0 bridgehead atoms. The minimum Gasteiger partial charge on any atom is -0.478 e. The number of carbonyl (C=O) groups is 2. The number of benzene rings is 1. The number of carboxylic acid groups (broad SMARTS) is 1. The number of aromatic carboxylic acids is 1. The number of rotatable bonds is 3. The first-order chi connectivity index (χ1) is 9.08. The third kappa shape index (κ3) is 3.08. The minimum atomic E-state index is -1.44. The fraction of sp³-hybridized carbons (Fsp3) is 0. The Kier molecular flexibility index (Phi) is 3.76. The van der Waals surface area contributed by atoms with E-state index in [-0.39, 0.29) is 5.69 Å². The van der Waals surface area contributed by atoms with E-state index >= 15 is 0 Å². The van der Waals surface area contributed by atoms with Crippen molar-refractivity contribution in [2.75, 3.05) is 10.6 Å². The van der Waals surface area contributed by atoms with Gasteiger partial charge in [0.2, 0.25) is 0 Å². The Morgan fingerprint density at radius 1 is 1.21 bits per heavy atom. The van der Waals surface area contributed by atoms with Crippen LogP contribution in [0.3, 0.4) is 0 Å². The van der Waals surface area contributed by atoms with Crippen molar-refractivity contribution in [2.24, 2.45) is 0 Å². The van der Waals surface area contributed by atoms with Gasteiger partial charge in [0.1, 0.15) is 11.4 Å². The summed E-state index contributed by atoms with van der Waals surface area (Å²) in [7, 11) is 0. The van der Waals surface area contributed by atoms with E-state index in [4.69, 9.17) is 5.11 Å². The molecule has 0 aliphatic rings. The predicted octanol–water partition coefficient (Wildman–Crippen LogP) is 3.23. The molecule has 0 atom stereocenters. The average Bonchev–Trinajstić information content (AvgIpc) is 2.81. The maximum Gasteiger partial charge on any atom is 0.340 e. The maximum absolute atomic E-state index is 13.4. The summed E-state index contributed by atoms with van der Waals surface area (Å²) in [5.74, 6) is -2.34. The van der Waals surface area contributed by atoms with Crippen LogP contribution in [0.25, 0.3) is 0 Å². The smallest absolute Gasteiger partial charge is 0.340 e. The van der Waals surface area contributed by atoms with Crippen molar-refractivity contribution in [3.05, 3.63) is 46.4 Å². The molecule has 0 aliphatic heterocycles. The summed E-state index contributed by atoms with van der Waals surface area (Å²) in [5, 5.41) is 17.2. The molecule has 2 aromatic rings. The molecule has 7 heteroatoms. The number of nitrogens with one attached hydrogen (secondary N) is 2. The van der Waals surface area contributed by atoms with Gasteiger partial charge in [-0.05, 0) is 23.6 Å². The van der Waals surface area contributed by atoms with Gasteiger partial charge in [0.15, 0.2) is 0 Å². The topological polar surface area (TPSA) is 78.4 Å². The lowest BCUT2D eigenvalue weighted by Crippen LogP contribution is -2.21. The summed E-state index contributed by atoms with van der Waals surface area (Å²) in [6.45, 7) is 0. The first-order valence-electron chi connectivity index (χ1n) is 5.20. The van der Waals surface area contributed by atoms with Crippen molar-refractivity contribution >= 4 is 34.7 Å². The van der Waals surface area contributed by atoms with E-state index in [1.807, 2.05) is 0 Å². The number of halogens is 1. The lowest BCUT2D eigenvalue weighted by Gasteiger charge is -2.09. The number of carbonyl (C=O) groups excluding carboxylic acids is 1. The van der Waals surface area contributed by atoms with Gasteiger partial charge in [0.05, 0.1) is 11.4 Å². The Morgan fingerprint density at radius 3 is 2.63 bits per heavy atom. The van der Waals surface area contributed by atoms with Gasteiger partial charge >= 0.3 is 12.0 Å². The number of anilines is 2. The SMILES string of the molecule is O=C(Nc1ccsc1)Nc1cccc(F)c1C(=O)O. The Bertz CT molecular complexity index is 613. The highest BCUT2D eigenvalue weighted by molar-refractivity contribution is 7.08. The lowest BCUT2D eigenvalue weighted by molar-refractivity contribution is 0.0693. The normalized spacial score (nSPS) is 9.95. The van der Waals surface area contributed by atoms with Crippen molar-refractivity contribution in [1.82, 2.24) is 0 Å². The van der Waals surface area contributed by atoms with Crippen LogP contribution in [0.15, 0.2) is 35.0 Å². The van der Waals surface area contributed by atoms with Crippen LogP contribution in [0.2, 0.25) is 0 Å². The molecule has 2 rings (SSSR count). The molecule has 0 spiro atoms. The second-order valence-electron chi connectivity index (χ2n) is 3.56. The predicted molar refractivity (Wildman–Crippen MR) is 70.3 cm³/mol. The Morgan fingerprint density at radius 2 is 2.00 bits per heavy atom. The van der Waals surface area contributed by atoms with E-state index in [1.54, 1.807) is 16.8 Å². The molecule has 2 amide bonds. The molecule has 0 saturated heterocycles. The monoisotopic (exact) mass is 280 g/mol. The van der Waals surface area contributed by atoms with Crippen molar-refractivity contribution < 1.29 is 19.1 Å². The third-order valence-corrected chi connectivity index (χ3v) is 2.94. The van der Waals surface area contributed by atoms with Crippen LogP contribution >= 0.6 is 11.3 Å². The number of hydrogen-bond donors (Lipinski definition) is 3. The zero-order valence-electron chi connectivity index (χ0n) is 9.51. The molecule has 1 aromatic carbocycles. The van der Waals surface area contributed by atoms with Crippen LogP contribution in [0.4, 0.5) is 20.6 Å². The summed E-state index contributed by atoms with van der Waals surface area (Å²) in [5.41, 5.74) is -0.0843. The Hall–Kier alpha value is -2.41. The van der Waals surface area contributed by atoms with E-state index in [9.17, 15) is 14.0 Å². The fourth-order valence-electron chi connectivity index (χ4n) is 1.47. The van der Waals surface area contributed by atoms with E-state index in [0.29, 0.717) is 5.69 Å². The summed E-state index contributed by atoms with van der Waals surface area (Å²) >= 11 is 1.40. The highest BCUT2D eigenvalue weighted by atomic mass is 32.1. The van der Waals surface area contributed by atoms with Crippen LogP contribution in [-0.2, 0) is 0 Å². The second-order valence-corrected chi connectivity index (χ2v) is 4.34. The highest BCUT2D eigenvalue weighted by Crippen LogP contribution is 2.19. The molecule has 0 radical (unpaired) electrons. The number of thiophene rings is 1. The molecule has 98 valence electrons. The average molecular weight is 280 g/mol. The molecule has 1 aromatic heterocycles.